The van der Waals surface area contributed by atoms with E-state index < -0.39 is 11.4 Å². The van der Waals surface area contributed by atoms with E-state index in [0.717, 1.165) is 24.2 Å². The standard InChI is InChI=1S/C12H20N6O/c1-6-8(17-12(2,3)11(13)19)15-10(7-4-5-7)16-9(6)18-14/h7H,4-5,14H2,1-3H3,(H2,13,19)(H2,15,16,17,18). The van der Waals surface area contributed by atoms with Crippen LogP contribution in [0.3, 0.4) is 0 Å². The zero-order chi connectivity index (χ0) is 14.2. The number of nitrogens with zero attached hydrogens (tertiary/aromatic N) is 2. The van der Waals surface area contributed by atoms with Gasteiger partial charge in [0.1, 0.15) is 23.0 Å². The third kappa shape index (κ3) is 2.76. The van der Waals surface area contributed by atoms with Crippen LogP contribution in [0, 0.1) is 6.92 Å². The van der Waals surface area contributed by atoms with Crippen LogP contribution in [0.4, 0.5) is 11.6 Å². The molecule has 0 aromatic carbocycles. The number of hydrazine groups is 1. The third-order valence-corrected chi connectivity index (χ3v) is 3.29. The van der Waals surface area contributed by atoms with Crippen molar-refractivity contribution in [1.29, 1.82) is 0 Å². The molecule has 0 bridgehead atoms. The van der Waals surface area contributed by atoms with Gasteiger partial charge in [-0.05, 0) is 33.6 Å². The van der Waals surface area contributed by atoms with E-state index in [-0.39, 0.29) is 0 Å². The summed E-state index contributed by atoms with van der Waals surface area (Å²) in [7, 11) is 0. The van der Waals surface area contributed by atoms with E-state index in [1.807, 2.05) is 6.92 Å². The van der Waals surface area contributed by atoms with Crippen LogP contribution < -0.4 is 22.3 Å². The molecule has 7 nitrogen and oxygen atoms in total. The van der Waals surface area contributed by atoms with Crippen LogP contribution in [-0.2, 0) is 4.79 Å². The Bertz CT molecular complexity index is 509. The topological polar surface area (TPSA) is 119 Å². The minimum absolute atomic E-state index is 0.393. The van der Waals surface area contributed by atoms with Gasteiger partial charge < -0.3 is 16.5 Å². The predicted octanol–water partition coefficient (Wildman–Crippen LogP) is 0.624. The summed E-state index contributed by atoms with van der Waals surface area (Å²) < 4.78 is 0. The predicted molar refractivity (Wildman–Crippen MR) is 73.5 cm³/mol. The minimum atomic E-state index is -0.883. The number of anilines is 2. The number of primary amides is 1. The van der Waals surface area contributed by atoms with Crippen LogP contribution in [0.2, 0.25) is 0 Å². The number of rotatable bonds is 5. The average molecular weight is 264 g/mol. The van der Waals surface area contributed by atoms with Gasteiger partial charge in [0.05, 0.1) is 0 Å². The maximum Gasteiger partial charge on any atom is 0.242 e. The highest BCUT2D eigenvalue weighted by atomic mass is 16.1. The zero-order valence-corrected chi connectivity index (χ0v) is 11.4. The number of hydrogen-bond acceptors (Lipinski definition) is 6. The zero-order valence-electron chi connectivity index (χ0n) is 11.4. The lowest BCUT2D eigenvalue weighted by atomic mass is 10.0. The molecular weight excluding hydrogens is 244 g/mol. The lowest BCUT2D eigenvalue weighted by molar-refractivity contribution is -0.121. The Kier molecular flexibility index (Phi) is 3.32. The molecule has 0 spiro atoms. The van der Waals surface area contributed by atoms with Gasteiger partial charge in [0.15, 0.2) is 0 Å². The number of nitrogen functional groups attached to an aromatic ring is 1. The van der Waals surface area contributed by atoms with E-state index in [4.69, 9.17) is 11.6 Å². The number of carbonyl (C=O) groups is 1. The number of nitrogens with two attached hydrogens (primary N) is 2. The van der Waals surface area contributed by atoms with Gasteiger partial charge in [0.2, 0.25) is 5.91 Å². The first-order valence-corrected chi connectivity index (χ1v) is 6.28. The molecule has 0 aliphatic heterocycles. The Balaban J connectivity index is 2.38. The van der Waals surface area contributed by atoms with Crippen LogP contribution in [0.1, 0.15) is 44.0 Å². The normalized spacial score (nSPS) is 15.2. The van der Waals surface area contributed by atoms with Gasteiger partial charge >= 0.3 is 0 Å². The second-order valence-electron chi connectivity index (χ2n) is 5.44. The van der Waals surface area contributed by atoms with Gasteiger partial charge in [0, 0.05) is 11.5 Å². The summed E-state index contributed by atoms with van der Waals surface area (Å²) in [6.45, 7) is 5.26. The van der Waals surface area contributed by atoms with E-state index in [1.54, 1.807) is 13.8 Å². The molecular formula is C12H20N6O. The number of carbonyl (C=O) groups excluding carboxylic acids is 1. The highest BCUT2D eigenvalue weighted by molar-refractivity contribution is 5.87. The van der Waals surface area contributed by atoms with Crippen molar-refractivity contribution < 1.29 is 4.79 Å². The smallest absolute Gasteiger partial charge is 0.242 e. The van der Waals surface area contributed by atoms with Crippen molar-refractivity contribution >= 4 is 17.5 Å². The highest BCUT2D eigenvalue weighted by Crippen LogP contribution is 2.39. The summed E-state index contributed by atoms with van der Waals surface area (Å²) in [5.41, 5.74) is 7.81. The Morgan fingerprint density at radius 1 is 1.32 bits per heavy atom. The fraction of sp³-hybridized carbons (Fsp3) is 0.583. The molecule has 0 unspecified atom stereocenters. The van der Waals surface area contributed by atoms with Gasteiger partial charge in [-0.25, -0.2) is 15.8 Å². The summed E-state index contributed by atoms with van der Waals surface area (Å²) in [5.74, 6) is 7.33. The molecule has 0 saturated heterocycles. The monoisotopic (exact) mass is 264 g/mol. The second-order valence-corrected chi connectivity index (χ2v) is 5.44. The maximum atomic E-state index is 11.4. The van der Waals surface area contributed by atoms with Crippen molar-refractivity contribution in [1.82, 2.24) is 9.97 Å². The van der Waals surface area contributed by atoms with E-state index >= 15 is 0 Å². The molecule has 19 heavy (non-hydrogen) atoms. The van der Waals surface area contributed by atoms with Gasteiger partial charge in [-0.15, -0.1) is 0 Å². The van der Waals surface area contributed by atoms with Crippen LogP contribution in [0.15, 0.2) is 0 Å². The fourth-order valence-corrected chi connectivity index (χ4v) is 1.68. The fourth-order valence-electron chi connectivity index (χ4n) is 1.68. The van der Waals surface area contributed by atoms with Crippen molar-refractivity contribution in [3.8, 4) is 0 Å². The molecule has 1 aliphatic carbocycles. The Morgan fingerprint density at radius 3 is 2.37 bits per heavy atom. The molecule has 1 aromatic rings. The summed E-state index contributed by atoms with van der Waals surface area (Å²) in [6.07, 6.45) is 2.18. The Hall–Kier alpha value is -1.89. The number of nitrogens with one attached hydrogen (secondary N) is 2. The first kappa shape index (κ1) is 13.5. The van der Waals surface area contributed by atoms with E-state index in [9.17, 15) is 4.79 Å². The average Bonchev–Trinajstić information content (AvgIpc) is 3.15. The van der Waals surface area contributed by atoms with E-state index in [1.165, 1.54) is 0 Å². The summed E-state index contributed by atoms with van der Waals surface area (Å²) >= 11 is 0. The number of hydrogen-bond donors (Lipinski definition) is 4. The van der Waals surface area contributed by atoms with Gasteiger partial charge in [-0.2, -0.15) is 0 Å². The van der Waals surface area contributed by atoms with E-state index in [2.05, 4.69) is 20.7 Å². The van der Waals surface area contributed by atoms with Gasteiger partial charge in [-0.3, -0.25) is 4.79 Å². The van der Waals surface area contributed by atoms with Crippen molar-refractivity contribution in [2.45, 2.75) is 45.1 Å². The SMILES string of the molecule is Cc1c(NN)nc(C2CC2)nc1NC(C)(C)C(N)=O. The first-order valence-electron chi connectivity index (χ1n) is 6.28. The molecule has 1 aliphatic rings. The largest absolute Gasteiger partial charge is 0.368 e. The molecule has 1 saturated carbocycles. The molecule has 1 heterocycles. The molecule has 6 N–H and O–H groups in total. The molecule has 2 rings (SSSR count). The third-order valence-electron chi connectivity index (χ3n) is 3.29. The summed E-state index contributed by atoms with van der Waals surface area (Å²) in [4.78, 5) is 20.3. The molecule has 104 valence electrons. The first-order chi connectivity index (χ1) is 8.85. The Morgan fingerprint density at radius 2 is 1.89 bits per heavy atom. The summed E-state index contributed by atoms with van der Waals surface area (Å²) in [5, 5.41) is 3.06. The summed E-state index contributed by atoms with van der Waals surface area (Å²) in [6, 6.07) is 0. The molecule has 1 amide bonds. The minimum Gasteiger partial charge on any atom is -0.368 e. The van der Waals surface area contributed by atoms with Crippen LogP contribution in [0.25, 0.3) is 0 Å². The molecule has 0 radical (unpaired) electrons. The van der Waals surface area contributed by atoms with E-state index in [0.29, 0.717) is 17.6 Å². The lowest BCUT2D eigenvalue weighted by Gasteiger charge is -2.24. The van der Waals surface area contributed by atoms with Crippen molar-refractivity contribution in [3.63, 3.8) is 0 Å². The molecule has 0 atom stereocenters. The lowest BCUT2D eigenvalue weighted by Crippen LogP contribution is -2.45. The van der Waals surface area contributed by atoms with Gasteiger partial charge in [-0.1, -0.05) is 0 Å². The number of amides is 1. The van der Waals surface area contributed by atoms with Crippen molar-refractivity contribution in [3.05, 3.63) is 11.4 Å². The molecule has 1 fully saturated rings. The van der Waals surface area contributed by atoms with Crippen molar-refractivity contribution in [2.75, 3.05) is 10.7 Å². The maximum absolute atomic E-state index is 11.4. The van der Waals surface area contributed by atoms with Crippen molar-refractivity contribution in [2.24, 2.45) is 11.6 Å². The Labute approximate surface area is 112 Å². The van der Waals surface area contributed by atoms with Crippen LogP contribution in [-0.4, -0.2) is 21.4 Å². The highest BCUT2D eigenvalue weighted by Gasteiger charge is 2.30. The second kappa shape index (κ2) is 4.65. The van der Waals surface area contributed by atoms with Gasteiger partial charge in [0.25, 0.3) is 0 Å². The molecule has 7 heteroatoms. The molecule has 1 aromatic heterocycles. The number of aromatic nitrogens is 2. The van der Waals surface area contributed by atoms with Crippen LogP contribution >= 0.6 is 0 Å². The quantitative estimate of drug-likeness (QED) is 0.457. The van der Waals surface area contributed by atoms with Crippen LogP contribution in [0.5, 0.6) is 0 Å².